The van der Waals surface area contributed by atoms with Crippen LogP contribution >= 0.6 is 38.9 Å². The molecule has 0 saturated heterocycles. The lowest BCUT2D eigenvalue weighted by Gasteiger charge is -2.06. The van der Waals surface area contributed by atoms with E-state index in [1.165, 1.54) is 4.88 Å². The molecule has 19 heavy (non-hydrogen) atoms. The summed E-state index contributed by atoms with van der Waals surface area (Å²) in [4.78, 5) is 14.5. The normalized spacial score (nSPS) is 10.5. The van der Waals surface area contributed by atoms with Gasteiger partial charge >= 0.3 is 0 Å². The van der Waals surface area contributed by atoms with E-state index in [9.17, 15) is 4.79 Å². The van der Waals surface area contributed by atoms with Crippen LogP contribution in [-0.4, -0.2) is 5.91 Å². The number of aryl methyl sites for hydroxylation is 1. The van der Waals surface area contributed by atoms with Crippen molar-refractivity contribution < 1.29 is 4.79 Å². The van der Waals surface area contributed by atoms with E-state index in [4.69, 9.17) is 11.6 Å². The number of rotatable bonds is 4. The molecule has 1 heterocycles. The molecule has 0 radical (unpaired) electrons. The van der Waals surface area contributed by atoms with E-state index in [1.807, 2.05) is 0 Å². The second kappa shape index (κ2) is 6.55. The van der Waals surface area contributed by atoms with Crippen molar-refractivity contribution in [3.63, 3.8) is 0 Å². The first-order chi connectivity index (χ1) is 9.10. The maximum Gasteiger partial charge on any atom is 0.252 e. The minimum atomic E-state index is -0.102. The number of thiophene rings is 1. The van der Waals surface area contributed by atoms with Crippen molar-refractivity contribution in [1.29, 1.82) is 0 Å². The molecule has 2 aromatic rings. The Labute approximate surface area is 129 Å². The van der Waals surface area contributed by atoms with Gasteiger partial charge in [-0.3, -0.25) is 4.79 Å². The van der Waals surface area contributed by atoms with Crippen LogP contribution in [0.2, 0.25) is 5.02 Å². The Bertz CT molecular complexity index is 597. The summed E-state index contributed by atoms with van der Waals surface area (Å²) in [5, 5.41) is 3.52. The fourth-order valence-corrected chi connectivity index (χ4v) is 3.40. The highest BCUT2D eigenvalue weighted by molar-refractivity contribution is 9.10. The highest BCUT2D eigenvalue weighted by Gasteiger charge is 2.10. The first kappa shape index (κ1) is 14.6. The van der Waals surface area contributed by atoms with Crippen molar-refractivity contribution in [2.75, 3.05) is 0 Å². The summed E-state index contributed by atoms with van der Waals surface area (Å²) in [6.45, 7) is 2.68. The summed E-state index contributed by atoms with van der Waals surface area (Å²) in [5.74, 6) is -0.102. The molecular formula is C14H13BrClNOS. The van der Waals surface area contributed by atoms with Crippen molar-refractivity contribution >= 4 is 44.8 Å². The third-order valence-corrected chi connectivity index (χ3v) is 4.79. The van der Waals surface area contributed by atoms with Crippen molar-refractivity contribution in [1.82, 2.24) is 5.32 Å². The highest BCUT2D eigenvalue weighted by atomic mass is 79.9. The van der Waals surface area contributed by atoms with Crippen molar-refractivity contribution in [2.24, 2.45) is 0 Å². The summed E-state index contributed by atoms with van der Waals surface area (Å²) >= 11 is 10.9. The molecule has 0 atom stereocenters. The summed E-state index contributed by atoms with van der Waals surface area (Å²) < 4.78 is 0.706. The fraction of sp³-hybridized carbons (Fsp3) is 0.214. The Morgan fingerprint density at radius 1 is 1.32 bits per heavy atom. The Morgan fingerprint density at radius 2 is 2.05 bits per heavy atom. The Kier molecular flexibility index (Phi) is 5.02. The SMILES string of the molecule is CCc1ccc(CNC(=O)c2ccc(Cl)cc2Br)s1. The van der Waals surface area contributed by atoms with Gasteiger partial charge in [0.25, 0.3) is 5.91 Å². The maximum absolute atomic E-state index is 12.0. The number of carbonyl (C=O) groups is 1. The minimum absolute atomic E-state index is 0.102. The van der Waals surface area contributed by atoms with Gasteiger partial charge in [-0.2, -0.15) is 0 Å². The van der Waals surface area contributed by atoms with E-state index >= 15 is 0 Å². The number of benzene rings is 1. The molecule has 1 N–H and O–H groups in total. The zero-order valence-corrected chi connectivity index (χ0v) is 13.5. The molecule has 0 aliphatic heterocycles. The molecule has 0 aliphatic rings. The highest BCUT2D eigenvalue weighted by Crippen LogP contribution is 2.22. The first-order valence-electron chi connectivity index (χ1n) is 5.91. The summed E-state index contributed by atoms with van der Waals surface area (Å²) in [6.07, 6.45) is 1.03. The molecule has 0 aliphatic carbocycles. The molecule has 0 unspecified atom stereocenters. The number of hydrogen-bond donors (Lipinski definition) is 1. The van der Waals surface area contributed by atoms with Gasteiger partial charge in [-0.25, -0.2) is 0 Å². The van der Waals surface area contributed by atoms with Gasteiger partial charge in [0.1, 0.15) is 0 Å². The largest absolute Gasteiger partial charge is 0.347 e. The van der Waals surface area contributed by atoms with Crippen LogP contribution in [0.5, 0.6) is 0 Å². The minimum Gasteiger partial charge on any atom is -0.347 e. The second-order valence-corrected chi connectivity index (χ2v) is 6.57. The van der Waals surface area contributed by atoms with Gasteiger partial charge in [0, 0.05) is 19.2 Å². The second-order valence-electron chi connectivity index (χ2n) is 4.03. The number of amides is 1. The molecule has 0 bridgehead atoms. The molecule has 0 fully saturated rings. The molecule has 0 spiro atoms. The van der Waals surface area contributed by atoms with Crippen LogP contribution in [0.1, 0.15) is 27.0 Å². The van der Waals surface area contributed by atoms with Gasteiger partial charge in [0.05, 0.1) is 12.1 Å². The van der Waals surface area contributed by atoms with E-state index in [0.29, 0.717) is 21.6 Å². The van der Waals surface area contributed by atoms with E-state index < -0.39 is 0 Å². The zero-order chi connectivity index (χ0) is 13.8. The van der Waals surface area contributed by atoms with Crippen LogP contribution in [-0.2, 0) is 13.0 Å². The fourth-order valence-electron chi connectivity index (χ4n) is 1.64. The lowest BCUT2D eigenvalue weighted by atomic mass is 10.2. The van der Waals surface area contributed by atoms with Crippen LogP contribution in [0.4, 0.5) is 0 Å². The van der Waals surface area contributed by atoms with Gasteiger partial charge < -0.3 is 5.32 Å². The Morgan fingerprint density at radius 3 is 2.68 bits per heavy atom. The van der Waals surface area contributed by atoms with Crippen LogP contribution in [0, 0.1) is 0 Å². The Hall–Kier alpha value is -0.840. The molecule has 100 valence electrons. The van der Waals surface area contributed by atoms with E-state index in [-0.39, 0.29) is 5.91 Å². The molecule has 2 rings (SSSR count). The summed E-state index contributed by atoms with van der Waals surface area (Å²) in [5.41, 5.74) is 0.594. The van der Waals surface area contributed by atoms with Crippen molar-refractivity contribution in [3.8, 4) is 0 Å². The smallest absolute Gasteiger partial charge is 0.252 e. The van der Waals surface area contributed by atoms with E-state index in [1.54, 1.807) is 29.5 Å². The summed E-state index contributed by atoms with van der Waals surface area (Å²) in [6, 6.07) is 9.30. The predicted molar refractivity (Wildman–Crippen MR) is 84.0 cm³/mol. The molecular weight excluding hydrogens is 346 g/mol. The molecule has 1 amide bonds. The lowest BCUT2D eigenvalue weighted by Crippen LogP contribution is -2.22. The van der Waals surface area contributed by atoms with Crippen LogP contribution in [0.3, 0.4) is 0 Å². The van der Waals surface area contributed by atoms with Gasteiger partial charge in [0.2, 0.25) is 0 Å². The molecule has 1 aromatic carbocycles. The third-order valence-electron chi connectivity index (χ3n) is 2.66. The van der Waals surface area contributed by atoms with Gasteiger partial charge in [-0.05, 0) is 52.7 Å². The molecule has 2 nitrogen and oxygen atoms in total. The zero-order valence-electron chi connectivity index (χ0n) is 10.4. The maximum atomic E-state index is 12.0. The monoisotopic (exact) mass is 357 g/mol. The number of halogens is 2. The molecule has 5 heteroatoms. The average molecular weight is 359 g/mol. The Balaban J connectivity index is 2.01. The third kappa shape index (κ3) is 3.81. The number of nitrogens with one attached hydrogen (secondary N) is 1. The quantitative estimate of drug-likeness (QED) is 0.846. The van der Waals surface area contributed by atoms with Gasteiger partial charge in [-0.1, -0.05) is 18.5 Å². The van der Waals surface area contributed by atoms with E-state index in [2.05, 4.69) is 40.3 Å². The number of hydrogen-bond acceptors (Lipinski definition) is 2. The first-order valence-corrected chi connectivity index (χ1v) is 7.89. The van der Waals surface area contributed by atoms with E-state index in [0.717, 1.165) is 11.3 Å². The van der Waals surface area contributed by atoms with Gasteiger partial charge in [-0.15, -0.1) is 11.3 Å². The average Bonchev–Trinajstić information content (AvgIpc) is 2.84. The summed E-state index contributed by atoms with van der Waals surface area (Å²) in [7, 11) is 0. The van der Waals surface area contributed by atoms with Crippen molar-refractivity contribution in [2.45, 2.75) is 19.9 Å². The molecule has 1 aromatic heterocycles. The predicted octanol–water partition coefficient (Wildman–Crippen LogP) is 4.66. The van der Waals surface area contributed by atoms with Crippen LogP contribution in [0.15, 0.2) is 34.8 Å². The topological polar surface area (TPSA) is 29.1 Å². The van der Waals surface area contributed by atoms with Crippen molar-refractivity contribution in [3.05, 3.63) is 55.1 Å². The van der Waals surface area contributed by atoms with Gasteiger partial charge in [0.15, 0.2) is 0 Å². The van der Waals surface area contributed by atoms with Crippen LogP contribution < -0.4 is 5.32 Å². The van der Waals surface area contributed by atoms with Crippen LogP contribution in [0.25, 0.3) is 0 Å². The standard InChI is InChI=1S/C14H13BrClNOS/c1-2-10-4-5-11(19-10)8-17-14(18)12-6-3-9(16)7-13(12)15/h3-7H,2,8H2,1H3,(H,17,18). The number of carbonyl (C=O) groups excluding carboxylic acids is 1. The molecule has 0 saturated carbocycles. The lowest BCUT2D eigenvalue weighted by molar-refractivity contribution is 0.0950.